The molecule has 0 radical (unpaired) electrons. The van der Waals surface area contributed by atoms with Crippen molar-refractivity contribution < 1.29 is 34.1 Å². The van der Waals surface area contributed by atoms with Crippen LogP contribution in [0.3, 0.4) is 0 Å². The Balaban J connectivity index is 4.24. The molecule has 2 N–H and O–H groups in total. The van der Waals surface area contributed by atoms with Crippen molar-refractivity contribution >= 4 is 67.1 Å². The first-order chi connectivity index (χ1) is 10.6. The van der Waals surface area contributed by atoms with Gasteiger partial charge in [0.05, 0.1) is 0 Å². The summed E-state index contributed by atoms with van der Waals surface area (Å²) < 4.78 is 4.72. The lowest BCUT2D eigenvalue weighted by Gasteiger charge is -2.14. The summed E-state index contributed by atoms with van der Waals surface area (Å²) in [5.41, 5.74) is 0. The summed E-state index contributed by atoms with van der Waals surface area (Å²) in [4.78, 5) is 44.8. The maximum atomic E-state index is 11.8. The van der Waals surface area contributed by atoms with Gasteiger partial charge in [0.25, 0.3) is 0 Å². The van der Waals surface area contributed by atoms with Crippen molar-refractivity contribution in [2.24, 2.45) is 0 Å². The van der Waals surface area contributed by atoms with Crippen LogP contribution >= 0.6 is 43.2 Å². The zero-order chi connectivity index (χ0) is 18.2. The number of ether oxygens (including phenoxy) is 1. The lowest BCUT2D eigenvalue weighted by molar-refractivity contribution is -0.158. The van der Waals surface area contributed by atoms with Gasteiger partial charge in [0.15, 0.2) is 0 Å². The molecule has 11 heteroatoms. The Kier molecular flexibility index (Phi) is 10.9. The molecule has 0 aliphatic heterocycles. The van der Waals surface area contributed by atoms with E-state index in [1.54, 1.807) is 0 Å². The number of rotatable bonds is 10. The Hall–Kier alpha value is -0.520. The number of carbonyl (C=O) groups excluding carboxylic acids is 2. The lowest BCUT2D eigenvalue weighted by atomic mass is 10.4. The van der Waals surface area contributed by atoms with Crippen LogP contribution in [0.2, 0.25) is 0 Å². The van der Waals surface area contributed by atoms with Crippen LogP contribution in [0.1, 0.15) is 27.7 Å². The minimum atomic E-state index is -0.992. The second-order valence-corrected chi connectivity index (χ2v) is 10.3. The molecule has 0 saturated heterocycles. The molecule has 132 valence electrons. The highest BCUT2D eigenvalue weighted by atomic mass is 33.1. The molecule has 0 amide bonds. The van der Waals surface area contributed by atoms with Gasteiger partial charge >= 0.3 is 23.9 Å². The summed E-state index contributed by atoms with van der Waals surface area (Å²) in [6, 6.07) is 0. The van der Waals surface area contributed by atoms with Gasteiger partial charge in [-0.1, -0.05) is 43.2 Å². The predicted octanol–water partition coefficient (Wildman–Crippen LogP) is 2.54. The molecule has 0 aliphatic carbocycles. The van der Waals surface area contributed by atoms with E-state index < -0.39 is 44.9 Å². The highest BCUT2D eigenvalue weighted by Gasteiger charge is 2.26. The first-order valence-electron chi connectivity index (χ1n) is 6.41. The quantitative estimate of drug-likeness (QED) is 0.319. The fraction of sp³-hybridized carbons (Fsp3) is 0.667. The largest absolute Gasteiger partial charge is 0.480 e. The van der Waals surface area contributed by atoms with Gasteiger partial charge in [0, 0.05) is 0 Å². The van der Waals surface area contributed by atoms with E-state index in [4.69, 9.17) is 14.9 Å². The van der Waals surface area contributed by atoms with E-state index in [2.05, 4.69) is 0 Å². The molecule has 0 rings (SSSR count). The average Bonchev–Trinajstić information content (AvgIpc) is 2.48. The zero-order valence-electron chi connectivity index (χ0n) is 12.9. The van der Waals surface area contributed by atoms with Gasteiger partial charge in [-0.3, -0.25) is 19.2 Å². The molecule has 0 aromatic rings. The van der Waals surface area contributed by atoms with Crippen LogP contribution in [0.15, 0.2) is 0 Å². The molecule has 0 aromatic heterocycles. The number of carbonyl (C=O) groups is 4. The van der Waals surface area contributed by atoms with Crippen molar-refractivity contribution in [2.45, 2.75) is 48.7 Å². The van der Waals surface area contributed by atoms with Gasteiger partial charge in [-0.25, -0.2) is 0 Å². The topological polar surface area (TPSA) is 118 Å². The summed E-state index contributed by atoms with van der Waals surface area (Å²) in [5.74, 6) is -3.50. The van der Waals surface area contributed by atoms with E-state index in [-0.39, 0.29) is 0 Å². The first-order valence-corrected chi connectivity index (χ1v) is 11.0. The standard InChI is InChI=1S/C12H18O7S4/c1-5(9(13)14)20-22-7(3)11(17)19-12(18)8(4)23-21-6(2)10(15)16/h5-8H,1-4H3,(H,13,14)(H,15,16). The second kappa shape index (κ2) is 11.1. The Morgan fingerprint density at radius 3 is 1.17 bits per heavy atom. The molecule has 0 aromatic carbocycles. The van der Waals surface area contributed by atoms with E-state index in [0.717, 1.165) is 43.2 Å². The monoisotopic (exact) mass is 402 g/mol. The van der Waals surface area contributed by atoms with Crippen molar-refractivity contribution in [3.8, 4) is 0 Å². The normalized spacial score (nSPS) is 16.0. The van der Waals surface area contributed by atoms with Gasteiger partial charge in [-0.2, -0.15) is 0 Å². The number of carboxylic acid groups (broad SMARTS) is 2. The van der Waals surface area contributed by atoms with Gasteiger partial charge < -0.3 is 14.9 Å². The summed E-state index contributed by atoms with van der Waals surface area (Å²) >= 11 is 0. The molecular formula is C12H18O7S4. The maximum Gasteiger partial charge on any atom is 0.327 e. The molecule has 0 bridgehead atoms. The summed E-state index contributed by atoms with van der Waals surface area (Å²) in [6.07, 6.45) is 0. The first kappa shape index (κ1) is 22.5. The summed E-state index contributed by atoms with van der Waals surface area (Å²) in [5, 5.41) is 14.7. The minimum absolute atomic E-state index is 0.686. The SMILES string of the molecule is CC(SSC(C)C(=O)OC(=O)C(C)SSC(C)C(=O)O)C(=O)O. The van der Waals surface area contributed by atoms with E-state index in [0.29, 0.717) is 0 Å². The molecule has 0 saturated carbocycles. The lowest BCUT2D eigenvalue weighted by Crippen LogP contribution is -2.26. The molecule has 0 heterocycles. The second-order valence-electron chi connectivity index (χ2n) is 4.37. The van der Waals surface area contributed by atoms with Crippen molar-refractivity contribution in [2.75, 3.05) is 0 Å². The van der Waals surface area contributed by atoms with E-state index in [1.807, 2.05) is 0 Å². The zero-order valence-corrected chi connectivity index (χ0v) is 16.1. The number of carboxylic acids is 2. The van der Waals surface area contributed by atoms with Crippen LogP contribution in [0.5, 0.6) is 0 Å². The van der Waals surface area contributed by atoms with Crippen molar-refractivity contribution in [1.29, 1.82) is 0 Å². The molecular weight excluding hydrogens is 384 g/mol. The minimum Gasteiger partial charge on any atom is -0.480 e. The van der Waals surface area contributed by atoms with E-state index >= 15 is 0 Å². The van der Waals surface area contributed by atoms with E-state index in [9.17, 15) is 19.2 Å². The third-order valence-electron chi connectivity index (χ3n) is 2.25. The fourth-order valence-electron chi connectivity index (χ4n) is 0.759. The van der Waals surface area contributed by atoms with Gasteiger partial charge in [-0.15, -0.1) is 0 Å². The number of aliphatic carboxylic acids is 2. The number of esters is 2. The van der Waals surface area contributed by atoms with Gasteiger partial charge in [-0.05, 0) is 27.7 Å². The van der Waals surface area contributed by atoms with Crippen molar-refractivity contribution in [1.82, 2.24) is 0 Å². The highest BCUT2D eigenvalue weighted by Crippen LogP contribution is 2.33. The van der Waals surface area contributed by atoms with E-state index in [1.165, 1.54) is 27.7 Å². The van der Waals surface area contributed by atoms with Crippen LogP contribution in [0, 0.1) is 0 Å². The molecule has 4 atom stereocenters. The maximum absolute atomic E-state index is 11.8. The Bertz CT molecular complexity index is 417. The van der Waals surface area contributed by atoms with Crippen LogP contribution in [0.4, 0.5) is 0 Å². The highest BCUT2D eigenvalue weighted by molar-refractivity contribution is 8.77. The van der Waals surface area contributed by atoms with Gasteiger partial charge in [0.1, 0.15) is 21.0 Å². The Morgan fingerprint density at radius 1 is 0.652 bits per heavy atom. The van der Waals surface area contributed by atoms with Crippen molar-refractivity contribution in [3.05, 3.63) is 0 Å². The third kappa shape index (κ3) is 9.38. The fourth-order valence-corrected chi connectivity index (χ4v) is 4.81. The van der Waals surface area contributed by atoms with Crippen LogP contribution in [-0.2, 0) is 23.9 Å². The molecule has 23 heavy (non-hydrogen) atoms. The van der Waals surface area contributed by atoms with Gasteiger partial charge in [0.2, 0.25) is 0 Å². The summed E-state index contributed by atoms with van der Waals surface area (Å²) in [7, 11) is 4.04. The molecule has 7 nitrogen and oxygen atoms in total. The molecule has 0 spiro atoms. The van der Waals surface area contributed by atoms with Crippen LogP contribution in [0.25, 0.3) is 0 Å². The Morgan fingerprint density at radius 2 is 0.913 bits per heavy atom. The van der Waals surface area contributed by atoms with Crippen LogP contribution < -0.4 is 0 Å². The summed E-state index contributed by atoms with van der Waals surface area (Å²) in [6.45, 7) is 6.01. The average molecular weight is 403 g/mol. The number of hydrogen-bond donors (Lipinski definition) is 2. The Labute approximate surface area is 149 Å². The third-order valence-corrected chi connectivity index (χ3v) is 8.54. The number of hydrogen-bond acceptors (Lipinski definition) is 9. The van der Waals surface area contributed by atoms with Crippen LogP contribution in [-0.4, -0.2) is 55.1 Å². The molecule has 0 fully saturated rings. The predicted molar refractivity (Wildman–Crippen MR) is 94.6 cm³/mol. The molecule has 0 aliphatic rings. The smallest absolute Gasteiger partial charge is 0.327 e. The molecule has 4 unspecified atom stereocenters. The van der Waals surface area contributed by atoms with Crippen molar-refractivity contribution in [3.63, 3.8) is 0 Å².